The van der Waals surface area contributed by atoms with Gasteiger partial charge in [0.25, 0.3) is 0 Å². The SMILES string of the molecule is COC(=O)CC1=NOC(=O)C1. The summed E-state index contributed by atoms with van der Waals surface area (Å²) in [5, 5.41) is 3.37. The lowest BCUT2D eigenvalue weighted by Crippen LogP contribution is -2.08. The maximum Gasteiger partial charge on any atom is 0.340 e. The third-order valence-corrected chi connectivity index (χ3v) is 1.20. The van der Waals surface area contributed by atoms with Crippen LogP contribution in [-0.4, -0.2) is 24.8 Å². The lowest BCUT2D eigenvalue weighted by Gasteiger charge is -1.93. The first-order chi connectivity index (χ1) is 5.22. The number of hydrogen-bond acceptors (Lipinski definition) is 5. The van der Waals surface area contributed by atoms with Crippen molar-refractivity contribution in [2.24, 2.45) is 5.16 Å². The number of oxime groups is 1. The van der Waals surface area contributed by atoms with Gasteiger partial charge < -0.3 is 9.57 Å². The van der Waals surface area contributed by atoms with Gasteiger partial charge in [-0.1, -0.05) is 5.16 Å². The summed E-state index contributed by atoms with van der Waals surface area (Å²) in [6.07, 6.45) is 0.122. The van der Waals surface area contributed by atoms with Gasteiger partial charge in [-0.05, 0) is 0 Å². The Kier molecular flexibility index (Phi) is 2.20. The van der Waals surface area contributed by atoms with Crippen molar-refractivity contribution in [2.75, 3.05) is 7.11 Å². The molecular formula is C6H7NO4. The van der Waals surface area contributed by atoms with Crippen molar-refractivity contribution in [1.82, 2.24) is 0 Å². The fraction of sp³-hybridized carbons (Fsp3) is 0.500. The molecule has 0 unspecified atom stereocenters. The van der Waals surface area contributed by atoms with Gasteiger partial charge in [-0.25, -0.2) is 4.79 Å². The van der Waals surface area contributed by atoms with Gasteiger partial charge in [0.1, 0.15) is 0 Å². The standard InChI is InChI=1S/C6H7NO4/c1-10-5(8)2-4-3-6(9)11-7-4/h2-3H2,1H3. The summed E-state index contributed by atoms with van der Waals surface area (Å²) in [5.74, 6) is -0.842. The molecule has 0 amide bonds. The van der Waals surface area contributed by atoms with Crippen molar-refractivity contribution in [3.05, 3.63) is 0 Å². The topological polar surface area (TPSA) is 65.0 Å². The molecule has 0 atom stereocenters. The average Bonchev–Trinajstić information content (AvgIpc) is 2.35. The highest BCUT2D eigenvalue weighted by atomic mass is 16.7. The number of esters is 1. The largest absolute Gasteiger partial charge is 0.469 e. The fourth-order valence-corrected chi connectivity index (χ4v) is 0.680. The van der Waals surface area contributed by atoms with Crippen LogP contribution in [0.5, 0.6) is 0 Å². The van der Waals surface area contributed by atoms with Crippen LogP contribution in [0.4, 0.5) is 0 Å². The molecule has 0 aromatic heterocycles. The van der Waals surface area contributed by atoms with Crippen molar-refractivity contribution in [2.45, 2.75) is 12.8 Å². The van der Waals surface area contributed by atoms with E-state index >= 15 is 0 Å². The molecule has 60 valence electrons. The van der Waals surface area contributed by atoms with Crippen molar-refractivity contribution in [3.8, 4) is 0 Å². The van der Waals surface area contributed by atoms with Gasteiger partial charge in [-0.15, -0.1) is 0 Å². The Balaban J connectivity index is 2.39. The van der Waals surface area contributed by atoms with Crippen LogP contribution in [0.3, 0.4) is 0 Å². The van der Waals surface area contributed by atoms with E-state index < -0.39 is 11.9 Å². The van der Waals surface area contributed by atoms with E-state index in [9.17, 15) is 9.59 Å². The minimum atomic E-state index is -0.427. The molecule has 0 spiro atoms. The molecule has 0 bridgehead atoms. The molecule has 0 saturated heterocycles. The summed E-state index contributed by atoms with van der Waals surface area (Å²) in [6.45, 7) is 0. The maximum absolute atomic E-state index is 10.6. The van der Waals surface area contributed by atoms with Crippen LogP contribution in [0.25, 0.3) is 0 Å². The number of ether oxygens (including phenoxy) is 1. The van der Waals surface area contributed by atoms with E-state index in [0.717, 1.165) is 0 Å². The lowest BCUT2D eigenvalue weighted by atomic mass is 10.2. The van der Waals surface area contributed by atoms with E-state index in [1.54, 1.807) is 0 Å². The zero-order valence-corrected chi connectivity index (χ0v) is 5.99. The summed E-state index contributed by atoms with van der Waals surface area (Å²) in [6, 6.07) is 0. The molecule has 0 aromatic rings. The molecule has 0 N–H and O–H groups in total. The zero-order chi connectivity index (χ0) is 8.27. The molecular weight excluding hydrogens is 150 g/mol. The highest BCUT2D eigenvalue weighted by molar-refractivity contribution is 6.08. The van der Waals surface area contributed by atoms with E-state index in [-0.39, 0.29) is 12.8 Å². The summed E-state index contributed by atoms with van der Waals surface area (Å²) in [7, 11) is 1.28. The second kappa shape index (κ2) is 3.14. The molecule has 0 saturated carbocycles. The summed E-state index contributed by atoms with van der Waals surface area (Å²) in [5.41, 5.74) is 0.418. The van der Waals surface area contributed by atoms with Crippen molar-refractivity contribution in [1.29, 1.82) is 0 Å². The molecule has 0 aromatic carbocycles. The Bertz CT molecular complexity index is 221. The van der Waals surface area contributed by atoms with Gasteiger partial charge in [0.2, 0.25) is 0 Å². The monoisotopic (exact) mass is 157 g/mol. The Morgan fingerprint density at radius 2 is 2.55 bits per heavy atom. The first kappa shape index (κ1) is 7.71. The van der Waals surface area contributed by atoms with Gasteiger partial charge >= 0.3 is 11.9 Å². The van der Waals surface area contributed by atoms with E-state index in [1.807, 2.05) is 0 Å². The number of rotatable bonds is 2. The van der Waals surface area contributed by atoms with Crippen molar-refractivity contribution in [3.63, 3.8) is 0 Å². The Morgan fingerprint density at radius 3 is 3.00 bits per heavy atom. The number of carbonyl (C=O) groups excluding carboxylic acids is 2. The van der Waals surface area contributed by atoms with Gasteiger partial charge in [0, 0.05) is 0 Å². The second-order valence-electron chi connectivity index (χ2n) is 2.05. The quantitative estimate of drug-likeness (QED) is 0.413. The molecule has 5 nitrogen and oxygen atoms in total. The maximum atomic E-state index is 10.6. The van der Waals surface area contributed by atoms with Crippen molar-refractivity contribution >= 4 is 17.7 Å². The van der Waals surface area contributed by atoms with Gasteiger partial charge in [0.05, 0.1) is 25.7 Å². The molecule has 0 radical (unpaired) electrons. The summed E-state index contributed by atoms with van der Waals surface area (Å²) < 4.78 is 4.36. The van der Waals surface area contributed by atoms with Crippen LogP contribution in [0.2, 0.25) is 0 Å². The van der Waals surface area contributed by atoms with Crippen LogP contribution >= 0.6 is 0 Å². The Hall–Kier alpha value is -1.39. The van der Waals surface area contributed by atoms with Crippen LogP contribution < -0.4 is 0 Å². The Labute approximate surface area is 63.0 Å². The van der Waals surface area contributed by atoms with Crippen molar-refractivity contribution < 1.29 is 19.2 Å². The van der Waals surface area contributed by atoms with Crippen LogP contribution in [0, 0.1) is 0 Å². The molecule has 0 fully saturated rings. The molecule has 5 heteroatoms. The fourth-order valence-electron chi connectivity index (χ4n) is 0.680. The first-order valence-electron chi connectivity index (χ1n) is 3.05. The lowest BCUT2D eigenvalue weighted by molar-refractivity contribution is -0.140. The van der Waals surface area contributed by atoms with E-state index in [2.05, 4.69) is 14.7 Å². The minimum absolute atomic E-state index is 0.0300. The first-order valence-corrected chi connectivity index (χ1v) is 3.05. The molecule has 1 heterocycles. The predicted octanol–water partition coefficient (Wildman–Crippen LogP) is -0.148. The minimum Gasteiger partial charge on any atom is -0.469 e. The highest BCUT2D eigenvalue weighted by Crippen LogP contribution is 2.05. The smallest absolute Gasteiger partial charge is 0.340 e. The average molecular weight is 157 g/mol. The van der Waals surface area contributed by atoms with Crippen LogP contribution in [0.15, 0.2) is 5.16 Å². The molecule has 0 aliphatic carbocycles. The molecule has 1 aliphatic rings. The van der Waals surface area contributed by atoms with E-state index in [0.29, 0.717) is 5.71 Å². The Morgan fingerprint density at radius 1 is 1.82 bits per heavy atom. The second-order valence-corrected chi connectivity index (χ2v) is 2.05. The van der Waals surface area contributed by atoms with Crippen LogP contribution in [0.1, 0.15) is 12.8 Å². The zero-order valence-electron chi connectivity index (χ0n) is 5.99. The number of carbonyl (C=O) groups is 2. The van der Waals surface area contributed by atoms with Gasteiger partial charge in [-0.3, -0.25) is 4.79 Å². The molecule has 11 heavy (non-hydrogen) atoms. The van der Waals surface area contributed by atoms with Gasteiger partial charge in [-0.2, -0.15) is 0 Å². The van der Waals surface area contributed by atoms with E-state index in [1.165, 1.54) is 7.11 Å². The third-order valence-electron chi connectivity index (χ3n) is 1.20. The summed E-state index contributed by atoms with van der Waals surface area (Å²) >= 11 is 0. The van der Waals surface area contributed by atoms with Gasteiger partial charge in [0.15, 0.2) is 0 Å². The molecule has 1 rings (SSSR count). The van der Waals surface area contributed by atoms with E-state index in [4.69, 9.17) is 0 Å². The van der Waals surface area contributed by atoms with Crippen LogP contribution in [-0.2, 0) is 19.2 Å². The summed E-state index contributed by atoms with van der Waals surface area (Å²) in [4.78, 5) is 25.3. The normalized spacial score (nSPS) is 15.7. The molecule has 1 aliphatic heterocycles. The third kappa shape index (κ3) is 2.03. The number of hydrogen-bond donors (Lipinski definition) is 0. The predicted molar refractivity (Wildman–Crippen MR) is 34.8 cm³/mol. The highest BCUT2D eigenvalue weighted by Gasteiger charge is 2.19. The number of methoxy groups -OCH3 is 1. The number of nitrogens with zero attached hydrogens (tertiary/aromatic N) is 1.